The van der Waals surface area contributed by atoms with Crippen LogP contribution >= 0.6 is 34.5 Å². The van der Waals surface area contributed by atoms with E-state index in [2.05, 4.69) is 15.2 Å². The minimum atomic E-state index is -0.666. The van der Waals surface area contributed by atoms with E-state index in [9.17, 15) is 9.90 Å². The number of β-amino-alcohol motifs (C(OH)–C–C–N with tert-alkyl or cyclic N) is 1. The van der Waals surface area contributed by atoms with Crippen LogP contribution in [0.3, 0.4) is 0 Å². The van der Waals surface area contributed by atoms with Crippen LogP contribution in [0.1, 0.15) is 23.3 Å². The summed E-state index contributed by atoms with van der Waals surface area (Å²) in [4.78, 5) is 20.0. The number of thiazole rings is 1. The van der Waals surface area contributed by atoms with Gasteiger partial charge >= 0.3 is 0 Å². The number of carbonyl (C=O) groups is 1. The Morgan fingerprint density at radius 1 is 1.21 bits per heavy atom. The summed E-state index contributed by atoms with van der Waals surface area (Å²) in [5.41, 5.74) is 1.38. The lowest BCUT2D eigenvalue weighted by Gasteiger charge is -2.33. The van der Waals surface area contributed by atoms with Crippen molar-refractivity contribution in [1.82, 2.24) is 19.6 Å². The number of benzene rings is 2. The fourth-order valence-corrected chi connectivity index (χ4v) is 5.47. The molecule has 1 atom stereocenters. The normalized spacial score (nSPS) is 16.2. The molecule has 2 N–H and O–H groups in total. The van der Waals surface area contributed by atoms with Crippen LogP contribution in [-0.2, 0) is 0 Å². The molecule has 0 saturated carbocycles. The number of carbonyl (C=O) groups excluding carboxylic acids is 1. The first kappa shape index (κ1) is 23.4. The molecule has 0 radical (unpaired) electrons. The van der Waals surface area contributed by atoms with Gasteiger partial charge in [0, 0.05) is 38.4 Å². The van der Waals surface area contributed by atoms with Crippen LogP contribution in [0.5, 0.6) is 5.75 Å². The van der Waals surface area contributed by atoms with E-state index in [1.807, 2.05) is 34.7 Å². The van der Waals surface area contributed by atoms with Crippen molar-refractivity contribution in [3.8, 4) is 5.75 Å². The average molecular weight is 519 g/mol. The number of rotatable bonds is 7. The number of aliphatic hydroxyl groups is 1. The predicted octanol–water partition coefficient (Wildman–Crippen LogP) is 4.49. The first-order valence-electron chi connectivity index (χ1n) is 11.1. The number of imidazole rings is 1. The fourth-order valence-electron chi connectivity index (χ4n) is 4.17. The first-order chi connectivity index (χ1) is 16.5. The molecule has 1 fully saturated rings. The number of para-hydroxylation sites is 1. The molecule has 0 spiro atoms. The van der Waals surface area contributed by atoms with Crippen molar-refractivity contribution >= 4 is 55.6 Å². The molecule has 7 nitrogen and oxygen atoms in total. The Morgan fingerprint density at radius 3 is 2.79 bits per heavy atom. The maximum atomic E-state index is 12.6. The molecule has 178 valence electrons. The van der Waals surface area contributed by atoms with Gasteiger partial charge in [-0.15, -0.1) is 0 Å². The number of hydrogen-bond donors (Lipinski definition) is 2. The van der Waals surface area contributed by atoms with E-state index in [4.69, 9.17) is 27.9 Å². The van der Waals surface area contributed by atoms with Gasteiger partial charge in [0.25, 0.3) is 5.91 Å². The summed E-state index contributed by atoms with van der Waals surface area (Å²) >= 11 is 13.6. The summed E-state index contributed by atoms with van der Waals surface area (Å²) in [5, 5.41) is 14.2. The van der Waals surface area contributed by atoms with Gasteiger partial charge in [0.2, 0.25) is 0 Å². The number of halogens is 2. The highest BCUT2D eigenvalue weighted by Gasteiger charge is 2.23. The Morgan fingerprint density at radius 2 is 2.00 bits per heavy atom. The Labute approximate surface area is 210 Å². The second kappa shape index (κ2) is 10.1. The molecule has 34 heavy (non-hydrogen) atoms. The van der Waals surface area contributed by atoms with Gasteiger partial charge in [-0.2, -0.15) is 0 Å². The number of ether oxygens (including phenoxy) is 1. The zero-order valence-corrected chi connectivity index (χ0v) is 20.6. The topological polar surface area (TPSA) is 79.1 Å². The molecule has 1 amide bonds. The SMILES string of the molecule is O=C(NC[C@@H](O)CN1CCC(Oc2ccc(Cl)c(Cl)c2)CC1)c1cn2c(n1)sc1ccccc12. The monoisotopic (exact) mass is 518 g/mol. The number of piperidine rings is 1. The van der Waals surface area contributed by atoms with Gasteiger partial charge in [0.1, 0.15) is 17.5 Å². The van der Waals surface area contributed by atoms with Gasteiger partial charge in [0.15, 0.2) is 4.96 Å². The molecule has 4 aromatic rings. The third kappa shape index (κ3) is 5.16. The first-order valence-corrected chi connectivity index (χ1v) is 12.7. The third-order valence-corrected chi connectivity index (χ3v) is 7.70. The molecule has 0 bridgehead atoms. The number of nitrogens with zero attached hydrogens (tertiary/aromatic N) is 3. The van der Waals surface area contributed by atoms with Crippen molar-refractivity contribution in [2.24, 2.45) is 0 Å². The third-order valence-electron chi connectivity index (χ3n) is 5.93. The number of nitrogens with one attached hydrogen (secondary N) is 1. The van der Waals surface area contributed by atoms with Gasteiger partial charge < -0.3 is 20.1 Å². The molecule has 0 unspecified atom stereocenters. The van der Waals surface area contributed by atoms with Crippen LogP contribution in [0.2, 0.25) is 10.0 Å². The Kier molecular flexibility index (Phi) is 6.94. The van der Waals surface area contributed by atoms with E-state index in [0.29, 0.717) is 28.0 Å². The van der Waals surface area contributed by atoms with Crippen LogP contribution in [0.15, 0.2) is 48.7 Å². The molecule has 3 heterocycles. The van der Waals surface area contributed by atoms with Crippen molar-refractivity contribution in [3.63, 3.8) is 0 Å². The molecule has 2 aromatic carbocycles. The maximum absolute atomic E-state index is 12.6. The average Bonchev–Trinajstić information content (AvgIpc) is 3.40. The minimum absolute atomic E-state index is 0.0937. The molecular weight excluding hydrogens is 495 g/mol. The van der Waals surface area contributed by atoms with E-state index in [-0.39, 0.29) is 18.6 Å². The van der Waals surface area contributed by atoms with Crippen molar-refractivity contribution < 1.29 is 14.6 Å². The Bertz CT molecular complexity index is 1320. The summed E-state index contributed by atoms with van der Waals surface area (Å²) in [6.07, 6.45) is 2.86. The van der Waals surface area contributed by atoms with E-state index >= 15 is 0 Å². The molecule has 1 aliphatic heterocycles. The van der Waals surface area contributed by atoms with Crippen molar-refractivity contribution in [2.75, 3.05) is 26.2 Å². The second-order valence-electron chi connectivity index (χ2n) is 8.41. The lowest BCUT2D eigenvalue weighted by atomic mass is 10.1. The fraction of sp³-hybridized carbons (Fsp3) is 0.333. The quantitative estimate of drug-likeness (QED) is 0.376. The smallest absolute Gasteiger partial charge is 0.271 e. The minimum Gasteiger partial charge on any atom is -0.490 e. The highest BCUT2D eigenvalue weighted by molar-refractivity contribution is 7.23. The zero-order chi connectivity index (χ0) is 23.7. The summed E-state index contributed by atoms with van der Waals surface area (Å²) in [6.45, 7) is 2.27. The molecule has 1 aliphatic rings. The van der Waals surface area contributed by atoms with E-state index in [1.165, 1.54) is 0 Å². The summed E-state index contributed by atoms with van der Waals surface area (Å²) in [6, 6.07) is 13.3. The van der Waals surface area contributed by atoms with E-state index in [1.54, 1.807) is 29.7 Å². The summed E-state index contributed by atoms with van der Waals surface area (Å²) in [7, 11) is 0. The van der Waals surface area contributed by atoms with Crippen molar-refractivity contribution in [2.45, 2.75) is 25.0 Å². The lowest BCUT2D eigenvalue weighted by Crippen LogP contribution is -2.45. The van der Waals surface area contributed by atoms with Crippen molar-refractivity contribution in [3.05, 3.63) is 64.4 Å². The molecule has 1 saturated heterocycles. The Balaban J connectivity index is 1.08. The van der Waals surface area contributed by atoms with Crippen LogP contribution in [0.4, 0.5) is 0 Å². The highest BCUT2D eigenvalue weighted by atomic mass is 35.5. The summed E-state index contributed by atoms with van der Waals surface area (Å²) < 4.78 is 9.07. The predicted molar refractivity (Wildman–Crippen MR) is 135 cm³/mol. The van der Waals surface area contributed by atoms with Gasteiger partial charge in [-0.3, -0.25) is 9.20 Å². The van der Waals surface area contributed by atoms with Gasteiger partial charge in [0.05, 0.1) is 26.4 Å². The number of fused-ring (bicyclic) bond motifs is 3. The maximum Gasteiger partial charge on any atom is 0.271 e. The van der Waals surface area contributed by atoms with Gasteiger partial charge in [-0.25, -0.2) is 4.98 Å². The van der Waals surface area contributed by atoms with Crippen LogP contribution in [0.25, 0.3) is 15.2 Å². The van der Waals surface area contributed by atoms with Gasteiger partial charge in [-0.1, -0.05) is 46.7 Å². The number of aromatic nitrogens is 2. The lowest BCUT2D eigenvalue weighted by molar-refractivity contribution is 0.0593. The van der Waals surface area contributed by atoms with E-state index < -0.39 is 6.10 Å². The van der Waals surface area contributed by atoms with Crippen LogP contribution in [-0.4, -0.2) is 63.7 Å². The molecule has 10 heteroatoms. The number of aliphatic hydroxyl groups excluding tert-OH is 1. The molecule has 2 aromatic heterocycles. The molecule has 0 aliphatic carbocycles. The zero-order valence-electron chi connectivity index (χ0n) is 18.3. The number of amides is 1. The van der Waals surface area contributed by atoms with Crippen molar-refractivity contribution in [1.29, 1.82) is 0 Å². The highest BCUT2D eigenvalue weighted by Crippen LogP contribution is 2.28. The molecule has 5 rings (SSSR count). The Hall–Kier alpha value is -2.36. The van der Waals surface area contributed by atoms with Crippen LogP contribution in [0, 0.1) is 0 Å². The summed E-state index contributed by atoms with van der Waals surface area (Å²) in [5.74, 6) is 0.426. The van der Waals surface area contributed by atoms with E-state index in [0.717, 1.165) is 41.1 Å². The number of hydrogen-bond acceptors (Lipinski definition) is 6. The van der Waals surface area contributed by atoms with Crippen LogP contribution < -0.4 is 10.1 Å². The standard InChI is InChI=1S/C24H24Cl2N4O3S/c25-18-6-5-17(11-19(18)26)33-16-7-9-29(10-8-16)13-15(31)12-27-23(32)20-14-30-21-3-1-2-4-22(21)34-24(30)28-20/h1-6,11,14-16,31H,7-10,12-13H2,(H,27,32)/t15-/m1/s1. The largest absolute Gasteiger partial charge is 0.490 e. The molecular formula is C24H24Cl2N4O3S. The second-order valence-corrected chi connectivity index (χ2v) is 10.2. The van der Waals surface area contributed by atoms with Gasteiger partial charge in [-0.05, 0) is 37.1 Å². The number of likely N-dealkylation sites (tertiary alicyclic amines) is 1.